The second-order valence-electron chi connectivity index (χ2n) is 2.94. The van der Waals surface area contributed by atoms with Crippen LogP contribution in [0, 0.1) is 0 Å². The maximum atomic E-state index is 5.89. The molecule has 0 bridgehead atoms. The molecule has 0 amide bonds. The highest BCUT2D eigenvalue weighted by Gasteiger charge is 2.05. The average molecular weight is 319 g/mol. The number of rotatable bonds is 2. The van der Waals surface area contributed by atoms with Gasteiger partial charge in [-0.05, 0) is 34.1 Å². The van der Waals surface area contributed by atoms with Crippen LogP contribution in [0.25, 0.3) is 0 Å². The van der Waals surface area contributed by atoms with E-state index in [-0.39, 0.29) is 0 Å². The van der Waals surface area contributed by atoms with Gasteiger partial charge in [-0.3, -0.25) is 0 Å². The normalized spacial score (nSPS) is 10.2. The Kier molecular flexibility index (Phi) is 3.63. The molecule has 0 saturated carbocycles. The van der Waals surface area contributed by atoms with Crippen LogP contribution in [0.2, 0.25) is 10.2 Å². The van der Waals surface area contributed by atoms with Gasteiger partial charge < -0.3 is 5.32 Å². The SMILES string of the molecule is Clc1ccc(Br)c(Nc2nccnc2Cl)c1. The Morgan fingerprint density at radius 2 is 1.88 bits per heavy atom. The lowest BCUT2D eigenvalue weighted by Gasteiger charge is -2.08. The van der Waals surface area contributed by atoms with Crippen molar-refractivity contribution in [3.63, 3.8) is 0 Å². The zero-order valence-electron chi connectivity index (χ0n) is 7.92. The lowest BCUT2D eigenvalue weighted by molar-refractivity contribution is 1.20. The molecule has 0 unspecified atom stereocenters. The first kappa shape index (κ1) is 11.6. The third-order valence-corrected chi connectivity index (χ3v) is 3.04. The molecule has 1 aromatic carbocycles. The molecule has 0 aliphatic heterocycles. The largest absolute Gasteiger partial charge is 0.337 e. The smallest absolute Gasteiger partial charge is 0.171 e. The van der Waals surface area contributed by atoms with Crippen LogP contribution in [0.5, 0.6) is 0 Å². The lowest BCUT2D eigenvalue weighted by Crippen LogP contribution is -1.96. The monoisotopic (exact) mass is 317 g/mol. The third-order valence-electron chi connectivity index (χ3n) is 1.84. The number of nitrogens with one attached hydrogen (secondary N) is 1. The van der Waals surface area contributed by atoms with Crippen molar-refractivity contribution < 1.29 is 0 Å². The van der Waals surface area contributed by atoms with Crippen molar-refractivity contribution in [1.29, 1.82) is 0 Å². The van der Waals surface area contributed by atoms with E-state index in [1.54, 1.807) is 18.3 Å². The number of anilines is 2. The van der Waals surface area contributed by atoms with Crippen molar-refractivity contribution in [3.8, 4) is 0 Å². The minimum Gasteiger partial charge on any atom is -0.337 e. The molecule has 0 fully saturated rings. The topological polar surface area (TPSA) is 37.8 Å². The zero-order valence-corrected chi connectivity index (χ0v) is 11.0. The third kappa shape index (κ3) is 2.64. The van der Waals surface area contributed by atoms with Gasteiger partial charge in [-0.2, -0.15) is 0 Å². The van der Waals surface area contributed by atoms with E-state index in [9.17, 15) is 0 Å². The van der Waals surface area contributed by atoms with Crippen molar-refractivity contribution in [2.24, 2.45) is 0 Å². The highest BCUT2D eigenvalue weighted by Crippen LogP contribution is 2.29. The standard InChI is InChI=1S/C10H6BrCl2N3/c11-7-2-1-6(12)5-8(7)16-10-9(13)14-3-4-15-10/h1-5H,(H,15,16). The van der Waals surface area contributed by atoms with Crippen molar-refractivity contribution >= 4 is 50.6 Å². The summed E-state index contributed by atoms with van der Waals surface area (Å²) < 4.78 is 0.874. The summed E-state index contributed by atoms with van der Waals surface area (Å²) in [7, 11) is 0. The fourth-order valence-corrected chi connectivity index (χ4v) is 1.80. The molecule has 0 atom stereocenters. The van der Waals surface area contributed by atoms with E-state index in [0.717, 1.165) is 10.2 Å². The molecular weight excluding hydrogens is 313 g/mol. The number of hydrogen-bond donors (Lipinski definition) is 1. The Labute approximate surface area is 111 Å². The van der Waals surface area contributed by atoms with Crippen LogP contribution in [0.15, 0.2) is 35.1 Å². The van der Waals surface area contributed by atoms with E-state index in [1.807, 2.05) is 6.07 Å². The number of aromatic nitrogens is 2. The molecule has 1 N–H and O–H groups in total. The minimum atomic E-state index is 0.314. The van der Waals surface area contributed by atoms with Crippen LogP contribution in [-0.4, -0.2) is 9.97 Å². The van der Waals surface area contributed by atoms with Gasteiger partial charge in [-0.1, -0.05) is 23.2 Å². The second-order valence-corrected chi connectivity index (χ2v) is 4.59. The Bertz CT molecular complexity index is 519. The Morgan fingerprint density at radius 1 is 1.12 bits per heavy atom. The second kappa shape index (κ2) is 4.99. The fraction of sp³-hybridized carbons (Fsp3) is 0. The highest BCUT2D eigenvalue weighted by molar-refractivity contribution is 9.10. The molecule has 82 valence electrons. The molecule has 0 saturated heterocycles. The van der Waals surface area contributed by atoms with Crippen LogP contribution in [0.3, 0.4) is 0 Å². The average Bonchev–Trinajstić information content (AvgIpc) is 2.27. The maximum Gasteiger partial charge on any atom is 0.171 e. The first-order chi connectivity index (χ1) is 7.66. The predicted octanol–water partition coefficient (Wildman–Crippen LogP) is 4.29. The van der Waals surface area contributed by atoms with Gasteiger partial charge in [0.25, 0.3) is 0 Å². The van der Waals surface area contributed by atoms with Crippen molar-refractivity contribution in [2.45, 2.75) is 0 Å². The summed E-state index contributed by atoms with van der Waals surface area (Å²) in [5, 5.41) is 3.99. The maximum absolute atomic E-state index is 5.89. The molecule has 2 rings (SSSR count). The Hall–Kier alpha value is -0.840. The van der Waals surface area contributed by atoms with E-state index in [4.69, 9.17) is 23.2 Å². The molecule has 0 aliphatic rings. The van der Waals surface area contributed by atoms with E-state index < -0.39 is 0 Å². The lowest BCUT2D eigenvalue weighted by atomic mass is 10.3. The molecule has 0 aliphatic carbocycles. The summed E-state index contributed by atoms with van der Waals surface area (Å²) >= 11 is 15.2. The molecule has 1 aromatic heterocycles. The van der Waals surface area contributed by atoms with E-state index in [0.29, 0.717) is 16.0 Å². The van der Waals surface area contributed by atoms with Crippen LogP contribution < -0.4 is 5.32 Å². The summed E-state index contributed by atoms with van der Waals surface area (Å²) in [4.78, 5) is 7.99. The van der Waals surface area contributed by atoms with Gasteiger partial charge in [-0.25, -0.2) is 9.97 Å². The van der Waals surface area contributed by atoms with Gasteiger partial charge >= 0.3 is 0 Å². The number of nitrogens with zero attached hydrogens (tertiary/aromatic N) is 2. The molecule has 3 nitrogen and oxygen atoms in total. The van der Waals surface area contributed by atoms with Crippen LogP contribution >= 0.6 is 39.1 Å². The molecule has 6 heteroatoms. The quantitative estimate of drug-likeness (QED) is 0.897. The first-order valence-electron chi connectivity index (χ1n) is 4.35. The van der Waals surface area contributed by atoms with Crippen molar-refractivity contribution in [3.05, 3.63) is 45.2 Å². The van der Waals surface area contributed by atoms with Crippen LogP contribution in [0.1, 0.15) is 0 Å². The van der Waals surface area contributed by atoms with Gasteiger partial charge in [0.15, 0.2) is 11.0 Å². The summed E-state index contributed by atoms with van der Waals surface area (Å²) in [6.45, 7) is 0. The van der Waals surface area contributed by atoms with E-state index in [1.165, 1.54) is 6.20 Å². The molecule has 2 aromatic rings. The van der Waals surface area contributed by atoms with Gasteiger partial charge in [0.1, 0.15) is 0 Å². The van der Waals surface area contributed by atoms with Crippen molar-refractivity contribution in [1.82, 2.24) is 9.97 Å². The van der Waals surface area contributed by atoms with Gasteiger partial charge in [0.05, 0.1) is 5.69 Å². The zero-order chi connectivity index (χ0) is 11.5. The summed E-state index contributed by atoms with van der Waals surface area (Å²) in [6.07, 6.45) is 3.09. The van der Waals surface area contributed by atoms with Crippen molar-refractivity contribution in [2.75, 3.05) is 5.32 Å². The molecule has 0 spiro atoms. The number of hydrogen-bond acceptors (Lipinski definition) is 3. The molecular formula is C10H6BrCl2N3. The molecule has 1 heterocycles. The van der Waals surface area contributed by atoms with E-state index >= 15 is 0 Å². The molecule has 16 heavy (non-hydrogen) atoms. The van der Waals surface area contributed by atoms with Crippen LogP contribution in [0.4, 0.5) is 11.5 Å². The van der Waals surface area contributed by atoms with E-state index in [2.05, 4.69) is 31.2 Å². The fourth-order valence-electron chi connectivity index (χ4n) is 1.13. The molecule has 0 radical (unpaired) electrons. The number of benzene rings is 1. The predicted molar refractivity (Wildman–Crippen MR) is 69.5 cm³/mol. The highest BCUT2D eigenvalue weighted by atomic mass is 79.9. The minimum absolute atomic E-state index is 0.314. The Morgan fingerprint density at radius 3 is 2.62 bits per heavy atom. The Balaban J connectivity index is 2.34. The first-order valence-corrected chi connectivity index (χ1v) is 5.90. The van der Waals surface area contributed by atoms with Crippen LogP contribution in [-0.2, 0) is 0 Å². The summed E-state index contributed by atoms with van der Waals surface area (Å²) in [5.74, 6) is 0.493. The summed E-state index contributed by atoms with van der Waals surface area (Å²) in [6, 6.07) is 5.40. The van der Waals surface area contributed by atoms with Gasteiger partial charge in [0, 0.05) is 21.9 Å². The number of halogens is 3. The summed E-state index contributed by atoms with van der Waals surface area (Å²) in [5.41, 5.74) is 0.787. The van der Waals surface area contributed by atoms with Gasteiger partial charge in [-0.15, -0.1) is 0 Å². The van der Waals surface area contributed by atoms with Gasteiger partial charge in [0.2, 0.25) is 0 Å².